The lowest BCUT2D eigenvalue weighted by atomic mass is 9.89. The predicted octanol–water partition coefficient (Wildman–Crippen LogP) is 3.82. The summed E-state index contributed by atoms with van der Waals surface area (Å²) >= 11 is 0.899. The third-order valence-electron chi connectivity index (χ3n) is 5.42. The molecule has 33 heavy (non-hydrogen) atoms. The zero-order valence-electron chi connectivity index (χ0n) is 18.2. The highest BCUT2D eigenvalue weighted by atomic mass is 32.1. The summed E-state index contributed by atoms with van der Waals surface area (Å²) in [5.74, 6) is 0.841. The maximum absolute atomic E-state index is 14.1. The van der Waals surface area contributed by atoms with E-state index in [-0.39, 0.29) is 34.9 Å². The summed E-state index contributed by atoms with van der Waals surface area (Å²) in [5.41, 5.74) is 0.449. The molecule has 0 spiro atoms. The smallest absolute Gasteiger partial charge is 0.307 e. The lowest BCUT2D eigenvalue weighted by Crippen LogP contribution is -2.19. The molecule has 4 rings (SSSR count). The SMILES string of the molecule is COc1ccc(Nc2nc(NCc3sc(=O)[nH]c3O)nc(NCC3CCCCC3)n2)cc1F. The highest BCUT2D eigenvalue weighted by Crippen LogP contribution is 2.25. The Labute approximate surface area is 193 Å². The van der Waals surface area contributed by atoms with Gasteiger partial charge in [-0.3, -0.25) is 9.78 Å². The van der Waals surface area contributed by atoms with E-state index in [1.165, 1.54) is 51.3 Å². The van der Waals surface area contributed by atoms with E-state index in [1.54, 1.807) is 6.07 Å². The second-order valence-electron chi connectivity index (χ2n) is 7.81. The molecule has 3 aromatic rings. The number of ether oxygens (including phenoxy) is 1. The summed E-state index contributed by atoms with van der Waals surface area (Å²) in [6.07, 6.45) is 6.08. The van der Waals surface area contributed by atoms with E-state index >= 15 is 0 Å². The minimum absolute atomic E-state index is 0.138. The molecule has 0 aliphatic heterocycles. The number of benzene rings is 1. The molecule has 2 aromatic heterocycles. The maximum Gasteiger partial charge on any atom is 0.307 e. The normalized spacial score (nSPS) is 14.1. The van der Waals surface area contributed by atoms with Crippen LogP contribution in [0.3, 0.4) is 0 Å². The number of halogens is 1. The minimum Gasteiger partial charge on any atom is -0.494 e. The van der Waals surface area contributed by atoms with Crippen LogP contribution in [0.15, 0.2) is 23.0 Å². The average molecular weight is 476 g/mol. The van der Waals surface area contributed by atoms with Crippen molar-refractivity contribution in [3.8, 4) is 11.6 Å². The third-order valence-corrected chi connectivity index (χ3v) is 6.30. The first-order valence-electron chi connectivity index (χ1n) is 10.8. The highest BCUT2D eigenvalue weighted by Gasteiger charge is 2.15. The van der Waals surface area contributed by atoms with Crippen LogP contribution in [0.5, 0.6) is 11.6 Å². The van der Waals surface area contributed by atoms with E-state index in [2.05, 4.69) is 35.9 Å². The molecule has 0 amide bonds. The zero-order chi connectivity index (χ0) is 23.2. The van der Waals surface area contributed by atoms with Crippen LogP contribution in [0.25, 0.3) is 0 Å². The van der Waals surface area contributed by atoms with E-state index in [0.29, 0.717) is 22.4 Å². The van der Waals surface area contributed by atoms with Gasteiger partial charge in [0.05, 0.1) is 18.5 Å². The van der Waals surface area contributed by atoms with Crippen molar-refractivity contribution >= 4 is 34.9 Å². The minimum atomic E-state index is -0.511. The van der Waals surface area contributed by atoms with E-state index in [1.807, 2.05) is 0 Å². The molecule has 10 nitrogen and oxygen atoms in total. The number of thiazole rings is 1. The molecule has 0 saturated heterocycles. The molecule has 1 fully saturated rings. The van der Waals surface area contributed by atoms with Gasteiger partial charge in [-0.05, 0) is 30.9 Å². The monoisotopic (exact) mass is 475 g/mol. The number of nitrogens with zero attached hydrogens (tertiary/aromatic N) is 3. The van der Waals surface area contributed by atoms with Crippen molar-refractivity contribution in [1.82, 2.24) is 19.9 Å². The van der Waals surface area contributed by atoms with E-state index in [4.69, 9.17) is 4.74 Å². The summed E-state index contributed by atoms with van der Waals surface area (Å²) < 4.78 is 19.0. The van der Waals surface area contributed by atoms with Crippen LogP contribution in [-0.2, 0) is 6.54 Å². The molecule has 1 saturated carbocycles. The molecular weight excluding hydrogens is 449 g/mol. The second-order valence-corrected chi connectivity index (χ2v) is 8.87. The van der Waals surface area contributed by atoms with Gasteiger partial charge in [0.15, 0.2) is 11.6 Å². The Bertz CT molecular complexity index is 1150. The maximum atomic E-state index is 14.1. The first-order valence-corrected chi connectivity index (χ1v) is 11.6. The van der Waals surface area contributed by atoms with Crippen LogP contribution in [0.1, 0.15) is 37.0 Å². The third kappa shape index (κ3) is 6.09. The number of aromatic hydroxyl groups is 1. The standard InChI is InChI=1S/C21H26FN7O3S/c1-32-15-8-7-13(9-14(15)22)25-20-28-18(23-10-12-5-3-2-4-6-12)27-19(29-20)24-11-16-17(30)26-21(31)33-16/h7-9,12,30H,2-6,10-11H2,1H3,(H,26,31)(H3,23,24,25,27,28,29). The molecule has 1 aliphatic carbocycles. The number of hydrogen-bond donors (Lipinski definition) is 5. The Morgan fingerprint density at radius 2 is 1.88 bits per heavy atom. The summed E-state index contributed by atoms with van der Waals surface area (Å²) in [6, 6.07) is 4.46. The molecule has 176 valence electrons. The van der Waals surface area contributed by atoms with Crippen molar-refractivity contribution in [2.24, 2.45) is 5.92 Å². The fraction of sp³-hybridized carbons (Fsp3) is 0.429. The second kappa shape index (κ2) is 10.5. The number of anilines is 4. The van der Waals surface area contributed by atoms with Gasteiger partial charge in [-0.2, -0.15) is 15.0 Å². The number of rotatable bonds is 9. The zero-order valence-corrected chi connectivity index (χ0v) is 19.0. The molecule has 0 atom stereocenters. The number of nitrogens with one attached hydrogen (secondary N) is 4. The number of hydrogen-bond acceptors (Lipinski definition) is 10. The van der Waals surface area contributed by atoms with E-state index in [9.17, 15) is 14.3 Å². The summed E-state index contributed by atoms with van der Waals surface area (Å²) in [7, 11) is 1.40. The molecular formula is C21H26FN7O3S. The van der Waals surface area contributed by atoms with Crippen molar-refractivity contribution in [2.75, 3.05) is 29.6 Å². The molecule has 0 unspecified atom stereocenters. The van der Waals surface area contributed by atoms with Crippen LogP contribution < -0.4 is 25.6 Å². The summed E-state index contributed by atoms with van der Waals surface area (Å²) in [4.78, 5) is 27.0. The van der Waals surface area contributed by atoms with Gasteiger partial charge in [-0.25, -0.2) is 4.39 Å². The van der Waals surface area contributed by atoms with Crippen LogP contribution in [0.2, 0.25) is 0 Å². The number of aromatic nitrogens is 4. The van der Waals surface area contributed by atoms with Gasteiger partial charge in [-0.1, -0.05) is 30.6 Å². The molecule has 12 heteroatoms. The first kappa shape index (κ1) is 22.8. The van der Waals surface area contributed by atoms with Crippen LogP contribution >= 0.6 is 11.3 Å². The van der Waals surface area contributed by atoms with Crippen molar-refractivity contribution < 1.29 is 14.2 Å². The Balaban J connectivity index is 1.52. The number of methoxy groups -OCH3 is 1. The van der Waals surface area contributed by atoms with Crippen molar-refractivity contribution in [3.05, 3.63) is 38.6 Å². The van der Waals surface area contributed by atoms with E-state index < -0.39 is 5.82 Å². The molecule has 1 aliphatic rings. The average Bonchev–Trinajstić information content (AvgIpc) is 3.14. The highest BCUT2D eigenvalue weighted by molar-refractivity contribution is 7.09. The lowest BCUT2D eigenvalue weighted by Gasteiger charge is -2.21. The first-order chi connectivity index (χ1) is 16.0. The summed E-state index contributed by atoms with van der Waals surface area (Å²) in [6.45, 7) is 0.901. The lowest BCUT2D eigenvalue weighted by molar-refractivity contribution is 0.373. The van der Waals surface area contributed by atoms with Crippen molar-refractivity contribution in [3.63, 3.8) is 0 Å². The van der Waals surface area contributed by atoms with Gasteiger partial charge in [0.2, 0.25) is 23.7 Å². The van der Waals surface area contributed by atoms with Gasteiger partial charge in [-0.15, -0.1) is 0 Å². The van der Waals surface area contributed by atoms with Crippen LogP contribution in [0.4, 0.5) is 27.9 Å². The van der Waals surface area contributed by atoms with Crippen molar-refractivity contribution in [1.29, 1.82) is 0 Å². The van der Waals surface area contributed by atoms with Crippen molar-refractivity contribution in [2.45, 2.75) is 38.6 Å². The Morgan fingerprint density at radius 1 is 1.15 bits per heavy atom. The van der Waals surface area contributed by atoms with Crippen LogP contribution in [-0.4, -0.2) is 38.7 Å². The van der Waals surface area contributed by atoms with Gasteiger partial charge in [0.25, 0.3) is 0 Å². The topological polar surface area (TPSA) is 137 Å². The van der Waals surface area contributed by atoms with E-state index in [0.717, 1.165) is 17.9 Å². The predicted molar refractivity (Wildman–Crippen MR) is 125 cm³/mol. The summed E-state index contributed by atoms with van der Waals surface area (Å²) in [5, 5.41) is 19.1. The van der Waals surface area contributed by atoms with Gasteiger partial charge in [0, 0.05) is 18.3 Å². The fourth-order valence-electron chi connectivity index (χ4n) is 3.72. The fourth-order valence-corrected chi connectivity index (χ4v) is 4.38. The quantitative estimate of drug-likeness (QED) is 0.313. The van der Waals surface area contributed by atoms with Gasteiger partial charge >= 0.3 is 4.87 Å². The Hall–Kier alpha value is -3.41. The molecule has 5 N–H and O–H groups in total. The molecule has 0 bridgehead atoms. The Morgan fingerprint density at radius 3 is 2.55 bits per heavy atom. The van der Waals surface area contributed by atoms with Gasteiger partial charge in [0.1, 0.15) is 0 Å². The molecule has 2 heterocycles. The number of H-pyrrole nitrogens is 1. The largest absolute Gasteiger partial charge is 0.494 e. The number of aromatic amines is 1. The molecule has 1 aromatic carbocycles. The Kier molecular flexibility index (Phi) is 7.23. The molecule has 0 radical (unpaired) electrons. The van der Waals surface area contributed by atoms with Crippen LogP contribution in [0, 0.1) is 11.7 Å². The van der Waals surface area contributed by atoms with Gasteiger partial charge < -0.3 is 25.8 Å².